The summed E-state index contributed by atoms with van der Waals surface area (Å²) < 4.78 is 0. The molecule has 0 saturated heterocycles. The van der Waals surface area contributed by atoms with Gasteiger partial charge in [-0.25, -0.2) is 4.98 Å². The summed E-state index contributed by atoms with van der Waals surface area (Å²) in [6, 6.07) is 7.50. The van der Waals surface area contributed by atoms with Crippen LogP contribution in [0.15, 0.2) is 42.9 Å². The first-order valence-electron chi connectivity index (χ1n) is 8.37. The Bertz CT molecular complexity index is 839. The largest absolute Gasteiger partial charge is 0.276 e. The molecule has 1 aliphatic rings. The van der Waals surface area contributed by atoms with Crippen molar-refractivity contribution in [3.8, 4) is 0 Å². The Morgan fingerprint density at radius 3 is 2.79 bits per heavy atom. The molecule has 3 aromatic rings. The number of carbonyl (C=O) groups is 1. The Kier molecular flexibility index (Phi) is 3.94. The number of hydrogen-bond acceptors (Lipinski definition) is 4. The van der Waals surface area contributed by atoms with Crippen LogP contribution >= 0.6 is 0 Å². The van der Waals surface area contributed by atoms with Crippen LogP contribution in [-0.2, 0) is 4.79 Å². The van der Waals surface area contributed by atoms with E-state index in [1.807, 2.05) is 24.3 Å². The second-order valence-electron chi connectivity index (χ2n) is 6.19. The van der Waals surface area contributed by atoms with Crippen molar-refractivity contribution in [1.29, 1.82) is 0 Å². The van der Waals surface area contributed by atoms with Crippen molar-refractivity contribution in [2.75, 3.05) is 4.90 Å². The Hall–Kier alpha value is -2.76. The zero-order valence-electron chi connectivity index (χ0n) is 13.4. The van der Waals surface area contributed by atoms with Gasteiger partial charge in [0.05, 0.1) is 23.6 Å². The molecule has 3 aromatic heterocycles. The van der Waals surface area contributed by atoms with Crippen molar-refractivity contribution in [2.24, 2.45) is 5.92 Å². The summed E-state index contributed by atoms with van der Waals surface area (Å²) in [6.45, 7) is 0. The fourth-order valence-corrected chi connectivity index (χ4v) is 3.34. The highest BCUT2D eigenvalue weighted by molar-refractivity contribution is 6.01. The van der Waals surface area contributed by atoms with Gasteiger partial charge in [0.25, 0.3) is 0 Å². The Labute approximate surface area is 139 Å². The molecule has 6 heteroatoms. The topological polar surface area (TPSA) is 74.8 Å². The van der Waals surface area contributed by atoms with Crippen molar-refractivity contribution in [3.63, 3.8) is 0 Å². The van der Waals surface area contributed by atoms with Gasteiger partial charge in [0, 0.05) is 12.1 Å². The van der Waals surface area contributed by atoms with E-state index in [9.17, 15) is 4.79 Å². The molecule has 6 nitrogen and oxygen atoms in total. The predicted molar refractivity (Wildman–Crippen MR) is 91.8 cm³/mol. The zero-order valence-corrected chi connectivity index (χ0v) is 13.4. The maximum Gasteiger partial charge on any atom is 0.235 e. The second kappa shape index (κ2) is 6.39. The van der Waals surface area contributed by atoms with Crippen molar-refractivity contribution >= 4 is 28.4 Å². The second-order valence-corrected chi connectivity index (χ2v) is 6.19. The molecule has 122 valence electrons. The fourth-order valence-electron chi connectivity index (χ4n) is 3.34. The third-order valence-electron chi connectivity index (χ3n) is 4.59. The van der Waals surface area contributed by atoms with Gasteiger partial charge >= 0.3 is 0 Å². The van der Waals surface area contributed by atoms with Gasteiger partial charge in [-0.05, 0) is 37.1 Å². The fraction of sp³-hybridized carbons (Fsp3) is 0.333. The van der Waals surface area contributed by atoms with E-state index in [4.69, 9.17) is 0 Å². The van der Waals surface area contributed by atoms with E-state index in [2.05, 4.69) is 20.2 Å². The number of pyridine rings is 2. The normalized spacial score (nSPS) is 15.5. The predicted octanol–water partition coefficient (Wildman–Crippen LogP) is 3.60. The summed E-state index contributed by atoms with van der Waals surface area (Å²) in [7, 11) is 0. The first kappa shape index (κ1) is 14.8. The molecule has 3 heterocycles. The van der Waals surface area contributed by atoms with Crippen LogP contribution < -0.4 is 4.90 Å². The summed E-state index contributed by atoms with van der Waals surface area (Å²) in [6.07, 6.45) is 10.4. The lowest BCUT2D eigenvalue weighted by Crippen LogP contribution is -2.34. The Balaban J connectivity index is 1.76. The summed E-state index contributed by atoms with van der Waals surface area (Å²) in [5.41, 5.74) is 2.36. The minimum Gasteiger partial charge on any atom is -0.276 e. The lowest BCUT2D eigenvalue weighted by molar-refractivity contribution is -0.122. The van der Waals surface area contributed by atoms with E-state index in [0.717, 1.165) is 42.4 Å². The van der Waals surface area contributed by atoms with Crippen LogP contribution in [0.2, 0.25) is 0 Å². The molecule has 1 amide bonds. The monoisotopic (exact) mass is 321 g/mol. The van der Waals surface area contributed by atoms with Crippen LogP contribution in [0.5, 0.6) is 0 Å². The number of aromatic amines is 1. The van der Waals surface area contributed by atoms with E-state index < -0.39 is 0 Å². The van der Waals surface area contributed by atoms with Gasteiger partial charge in [-0.15, -0.1) is 0 Å². The first-order chi connectivity index (χ1) is 11.8. The summed E-state index contributed by atoms with van der Waals surface area (Å²) in [5.74, 6) is 0.784. The smallest absolute Gasteiger partial charge is 0.235 e. The molecular formula is C18H19N5O. The van der Waals surface area contributed by atoms with Crippen molar-refractivity contribution < 1.29 is 4.79 Å². The molecule has 24 heavy (non-hydrogen) atoms. The first-order valence-corrected chi connectivity index (χ1v) is 8.37. The van der Waals surface area contributed by atoms with Gasteiger partial charge in [0.1, 0.15) is 11.3 Å². The molecule has 0 radical (unpaired) electrons. The molecule has 4 rings (SSSR count). The van der Waals surface area contributed by atoms with Gasteiger partial charge < -0.3 is 0 Å². The third kappa shape index (κ3) is 2.75. The lowest BCUT2D eigenvalue weighted by atomic mass is 9.88. The Morgan fingerprint density at radius 1 is 1.12 bits per heavy atom. The van der Waals surface area contributed by atoms with E-state index >= 15 is 0 Å². The van der Waals surface area contributed by atoms with Crippen molar-refractivity contribution in [1.82, 2.24) is 20.2 Å². The number of hydrogen-bond donors (Lipinski definition) is 1. The molecule has 1 saturated carbocycles. The van der Waals surface area contributed by atoms with E-state index in [1.54, 1.807) is 23.5 Å². The molecular weight excluding hydrogens is 302 g/mol. The average Bonchev–Trinajstić information content (AvgIpc) is 3.11. The van der Waals surface area contributed by atoms with E-state index in [-0.39, 0.29) is 11.8 Å². The highest BCUT2D eigenvalue weighted by Crippen LogP contribution is 2.31. The number of nitrogens with zero attached hydrogens (tertiary/aromatic N) is 4. The van der Waals surface area contributed by atoms with Crippen LogP contribution in [0, 0.1) is 5.92 Å². The summed E-state index contributed by atoms with van der Waals surface area (Å²) in [5, 5.41) is 6.90. The SMILES string of the molecule is O=C(C1CCCCC1)N(c1cccnc1)c1ccc2[nH]ncc2n1. The van der Waals surface area contributed by atoms with Crippen LogP contribution in [0.3, 0.4) is 0 Å². The molecule has 1 aliphatic carbocycles. The molecule has 0 bridgehead atoms. The van der Waals surface area contributed by atoms with E-state index in [0.29, 0.717) is 5.82 Å². The molecule has 0 aromatic carbocycles. The average molecular weight is 321 g/mol. The number of H-pyrrole nitrogens is 1. The van der Waals surface area contributed by atoms with Gasteiger partial charge in [-0.3, -0.25) is 19.8 Å². The number of rotatable bonds is 3. The Morgan fingerprint density at radius 2 is 2.00 bits per heavy atom. The maximum atomic E-state index is 13.2. The highest BCUT2D eigenvalue weighted by atomic mass is 16.2. The minimum absolute atomic E-state index is 0.0563. The number of carbonyl (C=O) groups excluding carboxylic acids is 1. The quantitative estimate of drug-likeness (QED) is 0.800. The van der Waals surface area contributed by atoms with E-state index in [1.165, 1.54) is 6.42 Å². The molecule has 0 unspecified atom stereocenters. The number of aromatic nitrogens is 4. The molecule has 0 aliphatic heterocycles. The minimum atomic E-state index is 0.0563. The standard InChI is InChI=1S/C18H19N5O/c24-18(13-5-2-1-3-6-13)23(14-7-4-10-19-11-14)17-9-8-15-16(21-17)12-20-22-15/h4,7-13H,1-3,5-6H2,(H,20,22). The van der Waals surface area contributed by atoms with Crippen LogP contribution in [0.4, 0.5) is 11.5 Å². The molecule has 1 fully saturated rings. The van der Waals surface area contributed by atoms with Gasteiger partial charge in [0.15, 0.2) is 0 Å². The molecule has 1 N–H and O–H groups in total. The lowest BCUT2D eigenvalue weighted by Gasteiger charge is -2.28. The van der Waals surface area contributed by atoms with Crippen molar-refractivity contribution in [2.45, 2.75) is 32.1 Å². The van der Waals surface area contributed by atoms with Crippen LogP contribution in [0.1, 0.15) is 32.1 Å². The molecule has 0 spiro atoms. The summed E-state index contributed by atoms with van der Waals surface area (Å²) in [4.78, 5) is 23.7. The zero-order chi connectivity index (χ0) is 16.4. The number of anilines is 2. The van der Waals surface area contributed by atoms with Crippen molar-refractivity contribution in [3.05, 3.63) is 42.9 Å². The third-order valence-corrected chi connectivity index (χ3v) is 4.59. The van der Waals surface area contributed by atoms with Gasteiger partial charge in [-0.2, -0.15) is 5.10 Å². The number of nitrogens with one attached hydrogen (secondary N) is 1. The molecule has 0 atom stereocenters. The maximum absolute atomic E-state index is 13.2. The van der Waals surface area contributed by atoms with Gasteiger partial charge in [-0.1, -0.05) is 19.3 Å². The number of fused-ring (bicyclic) bond motifs is 1. The van der Waals surface area contributed by atoms with Gasteiger partial charge in [0.2, 0.25) is 5.91 Å². The summed E-state index contributed by atoms with van der Waals surface area (Å²) >= 11 is 0. The van der Waals surface area contributed by atoms with Crippen LogP contribution in [0.25, 0.3) is 11.0 Å². The number of amides is 1. The van der Waals surface area contributed by atoms with Crippen LogP contribution in [-0.4, -0.2) is 26.1 Å². The highest BCUT2D eigenvalue weighted by Gasteiger charge is 2.29.